The van der Waals surface area contributed by atoms with Crippen molar-refractivity contribution in [1.29, 1.82) is 0 Å². The highest BCUT2D eigenvalue weighted by Crippen LogP contribution is 2.23. The van der Waals surface area contributed by atoms with Gasteiger partial charge < -0.3 is 9.80 Å². The van der Waals surface area contributed by atoms with Gasteiger partial charge in [0.15, 0.2) is 0 Å². The fourth-order valence-corrected chi connectivity index (χ4v) is 3.09. The van der Waals surface area contributed by atoms with E-state index in [1.165, 1.54) is 0 Å². The molecule has 0 N–H and O–H groups in total. The highest BCUT2D eigenvalue weighted by molar-refractivity contribution is 6.30. The summed E-state index contributed by atoms with van der Waals surface area (Å²) < 4.78 is 0. The molecule has 1 amide bonds. The Bertz CT molecular complexity index is 471. The molecule has 0 atom stereocenters. The Kier molecular flexibility index (Phi) is 4.05. The molecule has 0 aromatic carbocycles. The van der Waals surface area contributed by atoms with Crippen molar-refractivity contribution < 1.29 is 4.79 Å². The third kappa shape index (κ3) is 3.03. The van der Waals surface area contributed by atoms with Crippen LogP contribution in [0.25, 0.3) is 0 Å². The second-order valence-electron chi connectivity index (χ2n) is 5.58. The maximum absolute atomic E-state index is 11.6. The largest absolute Gasteiger partial charge is 0.342 e. The number of carbonyl (C=O) groups excluding carboxylic acids is 1. The minimum atomic E-state index is 0.327. The maximum atomic E-state index is 11.6. The number of nitrogens with zero attached hydrogens (tertiary/aromatic N) is 4. The summed E-state index contributed by atoms with van der Waals surface area (Å²) in [6.07, 6.45) is 7.22. The molecule has 2 aliphatic rings. The second kappa shape index (κ2) is 5.95. The van der Waals surface area contributed by atoms with Gasteiger partial charge in [0, 0.05) is 32.6 Å². The van der Waals surface area contributed by atoms with Crippen LogP contribution in [0.5, 0.6) is 0 Å². The van der Waals surface area contributed by atoms with E-state index in [4.69, 9.17) is 11.6 Å². The Labute approximate surface area is 123 Å². The lowest BCUT2D eigenvalue weighted by molar-refractivity contribution is -0.128. The zero-order chi connectivity index (χ0) is 13.9. The van der Waals surface area contributed by atoms with Crippen molar-refractivity contribution in [2.75, 3.05) is 31.1 Å². The molecular weight excluding hydrogens is 276 g/mol. The molecule has 0 aliphatic carbocycles. The van der Waals surface area contributed by atoms with E-state index in [0.717, 1.165) is 57.8 Å². The summed E-state index contributed by atoms with van der Waals surface area (Å²) in [6.45, 7) is 3.77. The Morgan fingerprint density at radius 1 is 1.20 bits per heavy atom. The van der Waals surface area contributed by atoms with Gasteiger partial charge in [-0.1, -0.05) is 11.6 Å². The van der Waals surface area contributed by atoms with Crippen LogP contribution < -0.4 is 4.90 Å². The first-order chi connectivity index (χ1) is 9.72. The summed E-state index contributed by atoms with van der Waals surface area (Å²) in [5, 5.41) is 0.566. The van der Waals surface area contributed by atoms with Crippen LogP contribution >= 0.6 is 11.6 Å². The number of hydrogen-bond acceptors (Lipinski definition) is 4. The van der Waals surface area contributed by atoms with Crippen molar-refractivity contribution in [3.05, 3.63) is 17.4 Å². The van der Waals surface area contributed by atoms with Gasteiger partial charge in [0.25, 0.3) is 0 Å². The molecule has 2 aliphatic heterocycles. The lowest BCUT2D eigenvalue weighted by Gasteiger charge is -2.33. The van der Waals surface area contributed by atoms with E-state index in [1.54, 1.807) is 12.4 Å². The van der Waals surface area contributed by atoms with Gasteiger partial charge in [0.1, 0.15) is 0 Å². The molecule has 108 valence electrons. The van der Waals surface area contributed by atoms with Crippen LogP contribution in [-0.4, -0.2) is 47.0 Å². The monoisotopic (exact) mass is 294 g/mol. The van der Waals surface area contributed by atoms with E-state index in [-0.39, 0.29) is 0 Å². The van der Waals surface area contributed by atoms with Gasteiger partial charge in [-0.3, -0.25) is 4.79 Å². The Morgan fingerprint density at radius 3 is 2.50 bits per heavy atom. The molecule has 2 saturated heterocycles. The molecule has 6 heteroatoms. The van der Waals surface area contributed by atoms with Crippen molar-refractivity contribution in [2.45, 2.75) is 25.7 Å². The van der Waals surface area contributed by atoms with Crippen molar-refractivity contribution >= 4 is 23.5 Å². The van der Waals surface area contributed by atoms with Crippen LogP contribution in [0.4, 0.5) is 5.95 Å². The fraction of sp³-hybridized carbons (Fsp3) is 0.643. The van der Waals surface area contributed by atoms with Gasteiger partial charge in [-0.15, -0.1) is 0 Å². The van der Waals surface area contributed by atoms with E-state index in [9.17, 15) is 4.79 Å². The van der Waals surface area contributed by atoms with E-state index in [0.29, 0.717) is 16.8 Å². The summed E-state index contributed by atoms with van der Waals surface area (Å²) in [7, 11) is 0. The van der Waals surface area contributed by atoms with Gasteiger partial charge in [0.05, 0.1) is 17.4 Å². The minimum absolute atomic E-state index is 0.327. The number of anilines is 1. The third-order valence-corrected chi connectivity index (χ3v) is 4.35. The first-order valence-corrected chi connectivity index (χ1v) is 7.60. The molecule has 1 aromatic rings. The number of aromatic nitrogens is 2. The number of hydrogen-bond donors (Lipinski definition) is 0. The first-order valence-electron chi connectivity index (χ1n) is 7.22. The predicted octanol–water partition coefficient (Wildman–Crippen LogP) is 1.97. The molecular formula is C14H19ClN4O. The lowest BCUT2D eigenvalue weighted by Crippen LogP contribution is -2.39. The smallest absolute Gasteiger partial charge is 0.225 e. The number of piperidine rings is 1. The lowest BCUT2D eigenvalue weighted by atomic mass is 9.96. The van der Waals surface area contributed by atoms with Crippen LogP contribution in [0.3, 0.4) is 0 Å². The molecule has 5 nitrogen and oxygen atoms in total. The molecule has 0 saturated carbocycles. The van der Waals surface area contributed by atoms with Crippen LogP contribution in [0.1, 0.15) is 25.7 Å². The van der Waals surface area contributed by atoms with E-state index in [1.807, 2.05) is 4.90 Å². The highest BCUT2D eigenvalue weighted by Gasteiger charge is 2.26. The fourth-order valence-electron chi connectivity index (χ4n) is 2.99. The average Bonchev–Trinajstić information content (AvgIpc) is 2.86. The van der Waals surface area contributed by atoms with Crippen LogP contribution in [0, 0.1) is 5.92 Å². The SMILES string of the molecule is O=C1CCCN1CC1CCN(c2ncc(Cl)cn2)CC1. The van der Waals surface area contributed by atoms with Crippen LogP contribution in [0.2, 0.25) is 5.02 Å². The van der Waals surface area contributed by atoms with Crippen molar-refractivity contribution in [3.8, 4) is 0 Å². The number of likely N-dealkylation sites (tertiary alicyclic amines) is 1. The normalized spacial score (nSPS) is 20.8. The standard InChI is InChI=1S/C14H19ClN4O/c15-12-8-16-14(17-9-12)18-6-3-11(4-7-18)10-19-5-1-2-13(19)20/h8-9,11H,1-7,10H2. The minimum Gasteiger partial charge on any atom is -0.342 e. The van der Waals surface area contributed by atoms with Crippen LogP contribution in [0.15, 0.2) is 12.4 Å². The van der Waals surface area contributed by atoms with Gasteiger partial charge in [-0.25, -0.2) is 9.97 Å². The molecule has 3 heterocycles. The summed E-state index contributed by atoms with van der Waals surface area (Å²) >= 11 is 5.80. The van der Waals surface area contributed by atoms with E-state index >= 15 is 0 Å². The Morgan fingerprint density at radius 2 is 1.90 bits per heavy atom. The molecule has 0 radical (unpaired) electrons. The quantitative estimate of drug-likeness (QED) is 0.855. The predicted molar refractivity (Wildman–Crippen MR) is 77.8 cm³/mol. The van der Waals surface area contributed by atoms with Gasteiger partial charge in [-0.2, -0.15) is 0 Å². The van der Waals surface area contributed by atoms with Crippen molar-refractivity contribution in [3.63, 3.8) is 0 Å². The topological polar surface area (TPSA) is 49.3 Å². The molecule has 0 spiro atoms. The Balaban J connectivity index is 1.51. The third-order valence-electron chi connectivity index (χ3n) is 4.15. The zero-order valence-corrected chi connectivity index (χ0v) is 12.2. The number of carbonyl (C=O) groups is 1. The van der Waals surface area contributed by atoms with Crippen LogP contribution in [-0.2, 0) is 4.79 Å². The molecule has 3 rings (SSSR count). The summed E-state index contributed by atoms with van der Waals surface area (Å²) in [5.41, 5.74) is 0. The zero-order valence-electron chi connectivity index (χ0n) is 11.5. The highest BCUT2D eigenvalue weighted by atomic mass is 35.5. The molecule has 0 unspecified atom stereocenters. The molecule has 20 heavy (non-hydrogen) atoms. The summed E-state index contributed by atoms with van der Waals surface area (Å²) in [6, 6.07) is 0. The van der Waals surface area contributed by atoms with Gasteiger partial charge in [0.2, 0.25) is 11.9 Å². The maximum Gasteiger partial charge on any atom is 0.225 e. The number of amides is 1. The average molecular weight is 295 g/mol. The molecule has 0 bridgehead atoms. The van der Waals surface area contributed by atoms with Gasteiger partial charge >= 0.3 is 0 Å². The van der Waals surface area contributed by atoms with E-state index < -0.39 is 0 Å². The number of halogens is 1. The summed E-state index contributed by atoms with van der Waals surface area (Å²) in [5.74, 6) is 1.69. The second-order valence-corrected chi connectivity index (χ2v) is 6.01. The molecule has 1 aromatic heterocycles. The van der Waals surface area contributed by atoms with E-state index in [2.05, 4.69) is 14.9 Å². The van der Waals surface area contributed by atoms with Crippen molar-refractivity contribution in [1.82, 2.24) is 14.9 Å². The molecule has 2 fully saturated rings. The van der Waals surface area contributed by atoms with Crippen molar-refractivity contribution in [2.24, 2.45) is 5.92 Å². The van der Waals surface area contributed by atoms with Gasteiger partial charge in [-0.05, 0) is 25.2 Å². The number of rotatable bonds is 3. The summed E-state index contributed by atoms with van der Waals surface area (Å²) in [4.78, 5) is 24.4. The first kappa shape index (κ1) is 13.6. The Hall–Kier alpha value is -1.36.